The standard InChI is InChI=1S/C19H12O4/c20-10-14-15-17(22)16(21)12-8-4-5-9-13(12)19(15)23-18(14)11-6-2-1-3-7-11/h1-9,20H,10H2. The molecule has 2 aromatic carbocycles. The van der Waals surface area contributed by atoms with E-state index in [1.165, 1.54) is 0 Å². The van der Waals surface area contributed by atoms with Crippen LogP contribution in [0.4, 0.5) is 0 Å². The Kier molecular flexibility index (Phi) is 2.99. The molecule has 1 aliphatic rings. The van der Waals surface area contributed by atoms with E-state index in [0.717, 1.165) is 5.56 Å². The van der Waals surface area contributed by atoms with Crippen molar-refractivity contribution in [3.8, 4) is 22.6 Å². The maximum absolute atomic E-state index is 12.5. The van der Waals surface area contributed by atoms with Gasteiger partial charge in [0, 0.05) is 22.3 Å². The van der Waals surface area contributed by atoms with Crippen LogP contribution < -0.4 is 0 Å². The minimum absolute atomic E-state index is 0.176. The smallest absolute Gasteiger partial charge is 0.237 e. The van der Waals surface area contributed by atoms with Gasteiger partial charge in [-0.05, 0) is 0 Å². The van der Waals surface area contributed by atoms with Gasteiger partial charge in [0.1, 0.15) is 11.5 Å². The summed E-state index contributed by atoms with van der Waals surface area (Å²) in [7, 11) is 0. The third kappa shape index (κ3) is 1.89. The molecule has 0 amide bonds. The van der Waals surface area contributed by atoms with Gasteiger partial charge in [-0.15, -0.1) is 0 Å². The molecule has 1 aliphatic carbocycles. The Morgan fingerprint density at radius 3 is 2.13 bits per heavy atom. The molecule has 0 atom stereocenters. The number of aliphatic hydroxyl groups excluding tert-OH is 1. The van der Waals surface area contributed by atoms with Crippen molar-refractivity contribution in [3.63, 3.8) is 0 Å². The van der Waals surface area contributed by atoms with Crippen LogP contribution in [0.2, 0.25) is 0 Å². The summed E-state index contributed by atoms with van der Waals surface area (Å²) >= 11 is 0. The fourth-order valence-electron chi connectivity index (χ4n) is 2.98. The van der Waals surface area contributed by atoms with Gasteiger partial charge >= 0.3 is 0 Å². The number of rotatable bonds is 2. The summed E-state index contributed by atoms with van der Waals surface area (Å²) in [6, 6.07) is 16.1. The van der Waals surface area contributed by atoms with Crippen LogP contribution in [0.15, 0.2) is 59.0 Å². The van der Waals surface area contributed by atoms with Crippen molar-refractivity contribution in [1.82, 2.24) is 0 Å². The van der Waals surface area contributed by atoms with E-state index in [2.05, 4.69) is 0 Å². The Bertz CT molecular complexity index is 935. The van der Waals surface area contributed by atoms with Crippen molar-refractivity contribution < 1.29 is 19.1 Å². The summed E-state index contributed by atoms with van der Waals surface area (Å²) in [4.78, 5) is 24.8. The van der Waals surface area contributed by atoms with E-state index in [0.29, 0.717) is 28.2 Å². The minimum atomic E-state index is -0.631. The van der Waals surface area contributed by atoms with E-state index in [9.17, 15) is 14.7 Å². The molecule has 0 unspecified atom stereocenters. The summed E-state index contributed by atoms with van der Waals surface area (Å²) in [5.74, 6) is -0.416. The van der Waals surface area contributed by atoms with Crippen molar-refractivity contribution in [1.29, 1.82) is 0 Å². The number of hydrogen-bond donors (Lipinski definition) is 1. The van der Waals surface area contributed by atoms with Gasteiger partial charge in [0.25, 0.3) is 0 Å². The molecule has 0 spiro atoms. The SMILES string of the molecule is O=C1C(=O)c2c(oc(-c3ccccc3)c2CO)-c2ccccc21. The quantitative estimate of drug-likeness (QED) is 0.736. The molecule has 3 aromatic rings. The topological polar surface area (TPSA) is 67.5 Å². The average molecular weight is 304 g/mol. The maximum atomic E-state index is 12.5. The van der Waals surface area contributed by atoms with Crippen molar-refractivity contribution >= 4 is 11.6 Å². The summed E-state index contributed by atoms with van der Waals surface area (Å²) in [5.41, 5.74) is 2.21. The second-order valence-electron chi connectivity index (χ2n) is 5.34. The summed E-state index contributed by atoms with van der Waals surface area (Å²) < 4.78 is 5.93. The number of ketones is 2. The molecule has 23 heavy (non-hydrogen) atoms. The predicted octanol–water partition coefficient (Wildman–Crippen LogP) is 3.48. The number of Topliss-reactive ketones (excluding diaryl/α,β-unsaturated/α-hetero) is 2. The van der Waals surface area contributed by atoms with Gasteiger partial charge in [0.05, 0.1) is 12.2 Å². The van der Waals surface area contributed by atoms with Gasteiger partial charge in [0.15, 0.2) is 0 Å². The van der Waals surface area contributed by atoms with Gasteiger partial charge in [-0.2, -0.15) is 0 Å². The molecule has 0 radical (unpaired) electrons. The predicted molar refractivity (Wildman–Crippen MR) is 84.2 cm³/mol. The van der Waals surface area contributed by atoms with Crippen molar-refractivity contribution in [2.75, 3.05) is 0 Å². The molecule has 0 aliphatic heterocycles. The number of furan rings is 1. The van der Waals surface area contributed by atoms with Crippen LogP contribution in [-0.2, 0) is 6.61 Å². The van der Waals surface area contributed by atoms with Gasteiger partial charge in [0.2, 0.25) is 11.6 Å². The van der Waals surface area contributed by atoms with E-state index in [-0.39, 0.29) is 12.2 Å². The van der Waals surface area contributed by atoms with Crippen LogP contribution >= 0.6 is 0 Å². The third-order valence-corrected chi connectivity index (χ3v) is 4.05. The van der Waals surface area contributed by atoms with Crippen molar-refractivity contribution in [3.05, 3.63) is 71.3 Å². The zero-order valence-corrected chi connectivity index (χ0v) is 12.1. The summed E-state index contributed by atoms with van der Waals surface area (Å²) in [5, 5.41) is 9.75. The summed E-state index contributed by atoms with van der Waals surface area (Å²) in [6.45, 7) is -0.371. The monoisotopic (exact) mass is 304 g/mol. The van der Waals surface area contributed by atoms with Crippen LogP contribution in [0.25, 0.3) is 22.6 Å². The molecule has 0 fully saturated rings. The average Bonchev–Trinajstić information content (AvgIpc) is 3.00. The largest absolute Gasteiger partial charge is 0.455 e. The lowest BCUT2D eigenvalue weighted by molar-refractivity contribution is 0.0813. The molecular formula is C19H12O4. The first kappa shape index (κ1) is 13.7. The Morgan fingerprint density at radius 2 is 1.43 bits per heavy atom. The van der Waals surface area contributed by atoms with Crippen LogP contribution in [0.3, 0.4) is 0 Å². The maximum Gasteiger partial charge on any atom is 0.237 e. The van der Waals surface area contributed by atoms with Gasteiger partial charge in [-0.3, -0.25) is 9.59 Å². The van der Waals surface area contributed by atoms with Crippen LogP contribution in [0.5, 0.6) is 0 Å². The Morgan fingerprint density at radius 1 is 0.783 bits per heavy atom. The zero-order chi connectivity index (χ0) is 16.0. The third-order valence-electron chi connectivity index (χ3n) is 4.05. The van der Waals surface area contributed by atoms with Gasteiger partial charge in [-0.1, -0.05) is 54.6 Å². The van der Waals surface area contributed by atoms with Gasteiger partial charge in [-0.25, -0.2) is 0 Å². The van der Waals surface area contributed by atoms with Crippen molar-refractivity contribution in [2.24, 2.45) is 0 Å². The minimum Gasteiger partial charge on any atom is -0.455 e. The lowest BCUT2D eigenvalue weighted by Gasteiger charge is -2.13. The van der Waals surface area contributed by atoms with E-state index in [4.69, 9.17) is 4.42 Å². The van der Waals surface area contributed by atoms with E-state index in [1.54, 1.807) is 24.3 Å². The number of hydrogen-bond acceptors (Lipinski definition) is 4. The molecule has 4 nitrogen and oxygen atoms in total. The Balaban J connectivity index is 2.05. The molecule has 4 heteroatoms. The molecule has 1 heterocycles. The zero-order valence-electron chi connectivity index (χ0n) is 12.1. The molecular weight excluding hydrogens is 292 g/mol. The lowest BCUT2D eigenvalue weighted by Crippen LogP contribution is -2.21. The van der Waals surface area contributed by atoms with Crippen LogP contribution in [0, 0.1) is 0 Å². The van der Waals surface area contributed by atoms with Crippen molar-refractivity contribution in [2.45, 2.75) is 6.61 Å². The number of carbonyl (C=O) groups is 2. The normalized spacial score (nSPS) is 12.9. The highest BCUT2D eigenvalue weighted by Gasteiger charge is 2.37. The number of aliphatic hydroxyl groups is 1. The molecule has 1 aromatic heterocycles. The molecule has 0 saturated heterocycles. The first-order chi connectivity index (χ1) is 11.2. The van der Waals surface area contributed by atoms with Crippen LogP contribution in [0.1, 0.15) is 26.3 Å². The van der Waals surface area contributed by atoms with Crippen LogP contribution in [-0.4, -0.2) is 16.7 Å². The number of fused-ring (bicyclic) bond motifs is 3. The number of carbonyl (C=O) groups excluding carboxylic acids is 2. The number of benzene rings is 2. The lowest BCUT2D eigenvalue weighted by atomic mass is 9.86. The fraction of sp³-hybridized carbons (Fsp3) is 0.0526. The first-order valence-electron chi connectivity index (χ1n) is 7.22. The highest BCUT2D eigenvalue weighted by atomic mass is 16.3. The molecule has 0 saturated carbocycles. The molecule has 4 rings (SSSR count). The summed E-state index contributed by atoms with van der Waals surface area (Å²) in [6.07, 6.45) is 0. The van der Waals surface area contributed by atoms with E-state index in [1.807, 2.05) is 30.3 Å². The molecule has 0 bridgehead atoms. The van der Waals surface area contributed by atoms with E-state index < -0.39 is 11.6 Å². The van der Waals surface area contributed by atoms with E-state index >= 15 is 0 Å². The highest BCUT2D eigenvalue weighted by molar-refractivity contribution is 6.53. The fourth-order valence-corrected chi connectivity index (χ4v) is 2.98. The Labute approximate surface area is 132 Å². The highest BCUT2D eigenvalue weighted by Crippen LogP contribution is 2.42. The second-order valence-corrected chi connectivity index (χ2v) is 5.34. The van der Waals surface area contributed by atoms with Gasteiger partial charge < -0.3 is 9.52 Å². The first-order valence-corrected chi connectivity index (χ1v) is 7.22. The molecule has 112 valence electrons. The molecule has 1 N–H and O–H groups in total. The Hall–Kier alpha value is -2.98. The second kappa shape index (κ2) is 5.04.